The summed E-state index contributed by atoms with van der Waals surface area (Å²) >= 11 is 0. The Kier molecular flexibility index (Phi) is 3.77. The third-order valence-corrected chi connectivity index (χ3v) is 4.60. The first-order chi connectivity index (χ1) is 13.4. The molecule has 0 saturated heterocycles. The predicted molar refractivity (Wildman–Crippen MR) is 109 cm³/mol. The van der Waals surface area contributed by atoms with Crippen molar-refractivity contribution >= 4 is 35.6 Å². The van der Waals surface area contributed by atoms with Gasteiger partial charge in [0, 0.05) is 14.6 Å². The fourth-order valence-corrected chi connectivity index (χ4v) is 3.06. The number of aryl methyl sites for hydroxylation is 2. The Morgan fingerprint density at radius 2 is 2.11 bits per heavy atom. The number of rotatable bonds is 4. The molecule has 1 aromatic carbocycles. The highest BCUT2D eigenvalue weighted by atomic mass is 16.1. The van der Waals surface area contributed by atoms with Crippen LogP contribution in [0.25, 0.3) is 33.5 Å². The van der Waals surface area contributed by atoms with E-state index in [9.17, 15) is 4.79 Å². The van der Waals surface area contributed by atoms with Gasteiger partial charge in [-0.05, 0) is 36.5 Å². The molecule has 3 heterocycles. The molecular formula is C19H21BN6O. The molecule has 2 radical (unpaired) electrons. The predicted octanol–water partition coefficient (Wildman–Crippen LogP) is 2.68. The van der Waals surface area contributed by atoms with E-state index in [-0.39, 0.29) is 24.3 Å². The van der Waals surface area contributed by atoms with Gasteiger partial charge < -0.3 is 15.3 Å². The van der Waals surface area contributed by atoms with Crippen LogP contribution in [0.5, 0.6) is 0 Å². The zero-order chi connectivity index (χ0) is 20.0. The second kappa shape index (κ2) is 6.30. The molecule has 3 aromatic heterocycles. The summed E-state index contributed by atoms with van der Waals surface area (Å²) in [5.41, 5.74) is 4.27. The molecule has 8 heteroatoms. The topological polar surface area (TPSA) is 91.4 Å². The van der Waals surface area contributed by atoms with Crippen molar-refractivity contribution in [2.24, 2.45) is 13.0 Å². The van der Waals surface area contributed by atoms with Gasteiger partial charge in [0.1, 0.15) is 16.9 Å². The summed E-state index contributed by atoms with van der Waals surface area (Å²) in [7, 11) is 8.05. The van der Waals surface area contributed by atoms with Crippen LogP contribution in [0.2, 0.25) is 0 Å². The molecule has 1 unspecified atom stereocenters. The molecule has 0 aliphatic carbocycles. The molecule has 0 fully saturated rings. The summed E-state index contributed by atoms with van der Waals surface area (Å²) in [5.74, 6) is 0.232. The minimum absolute atomic E-state index is 0.154. The first-order valence-corrected chi connectivity index (χ1v) is 8.77. The largest absolute Gasteiger partial charge is 0.388 e. The molecule has 0 amide bonds. The van der Waals surface area contributed by atoms with E-state index >= 15 is 0 Å². The highest BCUT2D eigenvalue weighted by Crippen LogP contribution is 2.31. The van der Waals surface area contributed by atoms with Gasteiger partial charge >= 0.3 is 0 Å². The van der Waals surface area contributed by atoms with Crippen LogP contribution in [0, 0.1) is 12.8 Å². The van der Waals surface area contributed by atoms with Crippen molar-refractivity contribution < 1.29 is 1.37 Å². The maximum absolute atomic E-state index is 13.0. The zero-order valence-electron chi connectivity index (χ0n) is 16.5. The lowest BCUT2D eigenvalue weighted by molar-refractivity contribution is 0.643. The molecule has 27 heavy (non-hydrogen) atoms. The number of hydrogen-bond acceptors (Lipinski definition) is 4. The van der Waals surface area contributed by atoms with E-state index in [0.29, 0.717) is 28.1 Å². The van der Waals surface area contributed by atoms with Crippen LogP contribution in [0.15, 0.2) is 29.2 Å². The van der Waals surface area contributed by atoms with Gasteiger partial charge in [0.2, 0.25) is 0 Å². The maximum Gasteiger partial charge on any atom is 0.261 e. The van der Waals surface area contributed by atoms with Crippen LogP contribution in [0.4, 0.5) is 5.69 Å². The number of nitrogens with zero attached hydrogens (tertiary/aromatic N) is 3. The molecule has 0 spiro atoms. The molecule has 7 nitrogen and oxygen atoms in total. The van der Waals surface area contributed by atoms with E-state index in [1.54, 1.807) is 17.9 Å². The normalized spacial score (nSPS) is 13.4. The number of H-pyrrole nitrogens is 2. The van der Waals surface area contributed by atoms with E-state index in [4.69, 9.17) is 9.22 Å². The summed E-state index contributed by atoms with van der Waals surface area (Å²) in [6.45, 7) is 4.19. The standard InChI is InChI=1S/C19H21BN6O/c1-9(2)17(20)24-16-14(19(27)23-13-8-26(4)25-15(13)16)18-21-11-6-5-10(3)7-12(11)22-18/h5-9,17,24H,1-4H3,(H,21,22)(H,23,27)/i3D. The Labute approximate surface area is 159 Å². The van der Waals surface area contributed by atoms with Crippen LogP contribution in [0.3, 0.4) is 0 Å². The smallest absolute Gasteiger partial charge is 0.261 e. The highest BCUT2D eigenvalue weighted by Gasteiger charge is 2.21. The number of nitrogens with one attached hydrogen (secondary N) is 3. The molecule has 0 aliphatic heterocycles. The summed E-state index contributed by atoms with van der Waals surface area (Å²) in [5, 5.41) is 7.76. The quantitative estimate of drug-likeness (QED) is 0.488. The van der Waals surface area contributed by atoms with Crippen molar-refractivity contribution in [2.75, 3.05) is 5.32 Å². The lowest BCUT2D eigenvalue weighted by Crippen LogP contribution is -2.27. The Morgan fingerprint density at radius 1 is 1.30 bits per heavy atom. The van der Waals surface area contributed by atoms with Crippen LogP contribution < -0.4 is 10.9 Å². The lowest BCUT2D eigenvalue weighted by atomic mass is 9.85. The molecule has 0 aliphatic rings. The summed E-state index contributed by atoms with van der Waals surface area (Å²) in [4.78, 5) is 23.6. The zero-order valence-corrected chi connectivity index (χ0v) is 15.5. The van der Waals surface area contributed by atoms with Crippen molar-refractivity contribution in [3.8, 4) is 11.4 Å². The van der Waals surface area contributed by atoms with Crippen molar-refractivity contribution in [2.45, 2.75) is 26.7 Å². The monoisotopic (exact) mass is 361 g/mol. The van der Waals surface area contributed by atoms with Crippen LogP contribution in [-0.4, -0.2) is 38.5 Å². The fourth-order valence-electron chi connectivity index (χ4n) is 3.06. The van der Waals surface area contributed by atoms with Gasteiger partial charge in [0.05, 0.1) is 30.1 Å². The Balaban J connectivity index is 1.97. The van der Waals surface area contributed by atoms with Gasteiger partial charge in [0.25, 0.3) is 5.56 Å². The number of fused-ring (bicyclic) bond motifs is 2. The van der Waals surface area contributed by atoms with Gasteiger partial charge in [-0.25, -0.2) is 4.98 Å². The number of benzene rings is 1. The van der Waals surface area contributed by atoms with Gasteiger partial charge in [-0.15, -0.1) is 0 Å². The van der Waals surface area contributed by atoms with Crippen molar-refractivity contribution in [3.63, 3.8) is 0 Å². The fraction of sp³-hybridized carbons (Fsp3) is 0.316. The van der Waals surface area contributed by atoms with E-state index in [1.807, 2.05) is 32.0 Å². The second-order valence-corrected chi connectivity index (χ2v) is 7.12. The molecule has 4 aromatic rings. The summed E-state index contributed by atoms with van der Waals surface area (Å²) in [6, 6.07) is 5.58. The summed E-state index contributed by atoms with van der Waals surface area (Å²) < 4.78 is 9.19. The molecule has 0 bridgehead atoms. The van der Waals surface area contributed by atoms with Crippen LogP contribution >= 0.6 is 0 Å². The average Bonchev–Trinajstić information content (AvgIpc) is 3.22. The molecule has 0 saturated carbocycles. The third-order valence-electron chi connectivity index (χ3n) is 4.60. The van der Waals surface area contributed by atoms with E-state index in [0.717, 1.165) is 16.6 Å². The molecule has 3 N–H and O–H groups in total. The molecule has 136 valence electrons. The van der Waals surface area contributed by atoms with Crippen LogP contribution in [-0.2, 0) is 7.05 Å². The summed E-state index contributed by atoms with van der Waals surface area (Å²) in [6.07, 6.45) is 1.76. The number of pyridine rings is 1. The first-order valence-electron chi connectivity index (χ1n) is 9.48. The second-order valence-electron chi connectivity index (χ2n) is 7.12. The third kappa shape index (κ3) is 3.01. The molecular weight excluding hydrogens is 339 g/mol. The van der Waals surface area contributed by atoms with E-state index < -0.39 is 0 Å². The SMILES string of the molecule is [2H]Cc1ccc2nc(-c3c(NC([B])C(C)C)c4nn(C)cc4[nH]c3=O)[nH]c2c1. The molecule has 4 rings (SSSR count). The number of aromatic nitrogens is 5. The minimum atomic E-state index is -0.356. The van der Waals surface area contributed by atoms with E-state index in [1.165, 1.54) is 0 Å². The Bertz CT molecular complexity index is 1220. The molecule has 1 atom stereocenters. The van der Waals surface area contributed by atoms with Gasteiger partial charge in [-0.3, -0.25) is 9.48 Å². The van der Waals surface area contributed by atoms with Crippen LogP contribution in [0.1, 0.15) is 20.8 Å². The first kappa shape index (κ1) is 16.2. The average molecular weight is 361 g/mol. The van der Waals surface area contributed by atoms with E-state index in [2.05, 4.69) is 25.4 Å². The van der Waals surface area contributed by atoms with Crippen molar-refractivity contribution in [3.05, 3.63) is 40.3 Å². The number of aromatic amines is 2. The van der Waals surface area contributed by atoms with Gasteiger partial charge in [0.15, 0.2) is 0 Å². The van der Waals surface area contributed by atoms with Gasteiger partial charge in [-0.2, -0.15) is 5.10 Å². The number of imidazole rings is 1. The van der Waals surface area contributed by atoms with Crippen molar-refractivity contribution in [1.29, 1.82) is 0 Å². The minimum Gasteiger partial charge on any atom is -0.388 e. The highest BCUT2D eigenvalue weighted by molar-refractivity contribution is 6.14. The van der Waals surface area contributed by atoms with Gasteiger partial charge in [-0.1, -0.05) is 19.9 Å². The lowest BCUT2D eigenvalue weighted by Gasteiger charge is -2.21. The Hall–Kier alpha value is -3.03. The maximum atomic E-state index is 13.0. The number of hydrogen-bond donors (Lipinski definition) is 3. The number of anilines is 1. The van der Waals surface area contributed by atoms with Crippen molar-refractivity contribution in [1.82, 2.24) is 24.7 Å². The Morgan fingerprint density at radius 3 is 2.85 bits per heavy atom.